The molecule has 0 bridgehead atoms. The molecule has 0 aliphatic rings. The topological polar surface area (TPSA) is 9.23 Å². The normalized spacial score (nSPS) is 9.44. The minimum absolute atomic E-state index is 0.249. The van der Waals surface area contributed by atoms with Crippen LogP contribution >= 0.6 is 0 Å². The number of rotatable bonds is 2. The summed E-state index contributed by atoms with van der Waals surface area (Å²) in [6.07, 6.45) is 0. The molecule has 0 aliphatic heterocycles. The third-order valence-electron chi connectivity index (χ3n) is 2.46. The molecule has 0 atom stereocenters. The number of aryl methyl sites for hydroxylation is 1. The Hall–Kier alpha value is -2.27. The van der Waals surface area contributed by atoms with Crippen LogP contribution in [0, 0.1) is 24.6 Å². The van der Waals surface area contributed by atoms with Gasteiger partial charge in [-0.1, -0.05) is 36.1 Å². The van der Waals surface area contributed by atoms with E-state index in [1.165, 1.54) is 12.1 Å². The van der Waals surface area contributed by atoms with Gasteiger partial charge in [-0.2, -0.15) is 0 Å². The van der Waals surface area contributed by atoms with Crippen LogP contribution in [0.2, 0.25) is 0 Å². The Morgan fingerprint density at radius 1 is 1.11 bits per heavy atom. The van der Waals surface area contributed by atoms with Gasteiger partial charge in [-0.25, -0.2) is 4.39 Å². The van der Waals surface area contributed by atoms with Crippen molar-refractivity contribution >= 4 is 0 Å². The predicted octanol–water partition coefficient (Wildman–Crippen LogP) is 3.56. The molecule has 90 valence electrons. The van der Waals surface area contributed by atoms with Gasteiger partial charge in [-0.3, -0.25) is 0 Å². The number of halogens is 1. The maximum absolute atomic E-state index is 13.0. The standard InChI is InChI=1S/C16H13FO/c1-13-9-10-15(17)12-16(13)18-11-5-8-14-6-3-2-4-7-14/h2-4,6-7,9-10,12H,11H2,1H3. The Labute approximate surface area is 106 Å². The van der Waals surface area contributed by atoms with Crippen LogP contribution in [0.25, 0.3) is 0 Å². The summed E-state index contributed by atoms with van der Waals surface area (Å²) in [4.78, 5) is 0. The summed E-state index contributed by atoms with van der Waals surface area (Å²) in [5, 5.41) is 0. The summed E-state index contributed by atoms with van der Waals surface area (Å²) in [5.74, 6) is 6.12. The van der Waals surface area contributed by atoms with E-state index in [9.17, 15) is 4.39 Å². The molecule has 0 spiro atoms. The van der Waals surface area contributed by atoms with Crippen molar-refractivity contribution in [1.29, 1.82) is 0 Å². The fraction of sp³-hybridized carbons (Fsp3) is 0.125. The Balaban J connectivity index is 1.97. The highest BCUT2D eigenvalue weighted by Gasteiger charge is 1.99. The highest BCUT2D eigenvalue weighted by Crippen LogP contribution is 2.18. The molecule has 18 heavy (non-hydrogen) atoms. The molecular formula is C16H13FO. The molecule has 2 rings (SSSR count). The second-order valence-electron chi connectivity index (χ2n) is 3.87. The van der Waals surface area contributed by atoms with Crippen molar-refractivity contribution in [1.82, 2.24) is 0 Å². The van der Waals surface area contributed by atoms with Crippen LogP contribution in [-0.2, 0) is 0 Å². The van der Waals surface area contributed by atoms with E-state index in [1.54, 1.807) is 6.07 Å². The predicted molar refractivity (Wildman–Crippen MR) is 70.0 cm³/mol. The lowest BCUT2D eigenvalue weighted by atomic mass is 10.2. The molecule has 0 amide bonds. The van der Waals surface area contributed by atoms with E-state index in [0.29, 0.717) is 5.75 Å². The molecule has 0 fully saturated rings. The lowest BCUT2D eigenvalue weighted by Gasteiger charge is -2.05. The SMILES string of the molecule is Cc1ccc(F)cc1OCC#Cc1ccccc1. The average molecular weight is 240 g/mol. The quantitative estimate of drug-likeness (QED) is 0.729. The lowest BCUT2D eigenvalue weighted by molar-refractivity contribution is 0.365. The molecule has 2 aromatic rings. The zero-order valence-electron chi connectivity index (χ0n) is 10.1. The van der Waals surface area contributed by atoms with Crippen molar-refractivity contribution in [3.05, 3.63) is 65.5 Å². The Bertz CT molecular complexity index is 579. The molecule has 0 aliphatic carbocycles. The van der Waals surface area contributed by atoms with Crippen LogP contribution in [0.4, 0.5) is 4.39 Å². The summed E-state index contributed by atoms with van der Waals surface area (Å²) in [5.41, 5.74) is 1.84. The zero-order chi connectivity index (χ0) is 12.8. The van der Waals surface area contributed by atoms with Crippen LogP contribution in [0.5, 0.6) is 5.75 Å². The molecule has 0 aromatic heterocycles. The molecule has 0 saturated heterocycles. The first-order valence-corrected chi connectivity index (χ1v) is 5.68. The summed E-state index contributed by atoms with van der Waals surface area (Å²) >= 11 is 0. The molecule has 0 heterocycles. The van der Waals surface area contributed by atoms with Gasteiger partial charge in [0, 0.05) is 11.6 Å². The van der Waals surface area contributed by atoms with E-state index < -0.39 is 0 Å². The first-order chi connectivity index (χ1) is 8.75. The molecule has 1 nitrogen and oxygen atoms in total. The smallest absolute Gasteiger partial charge is 0.149 e. The number of hydrogen-bond donors (Lipinski definition) is 0. The van der Waals surface area contributed by atoms with Crippen LogP contribution in [0.15, 0.2) is 48.5 Å². The maximum atomic E-state index is 13.0. The second-order valence-corrected chi connectivity index (χ2v) is 3.87. The molecule has 0 radical (unpaired) electrons. The molecular weight excluding hydrogens is 227 g/mol. The number of ether oxygens (including phenoxy) is 1. The Kier molecular flexibility index (Phi) is 3.98. The van der Waals surface area contributed by atoms with E-state index in [1.807, 2.05) is 37.3 Å². The van der Waals surface area contributed by atoms with Gasteiger partial charge >= 0.3 is 0 Å². The van der Waals surface area contributed by atoms with Gasteiger partial charge < -0.3 is 4.74 Å². The van der Waals surface area contributed by atoms with Gasteiger partial charge in [0.2, 0.25) is 0 Å². The van der Waals surface area contributed by atoms with Crippen LogP contribution < -0.4 is 4.74 Å². The first kappa shape index (κ1) is 12.2. The first-order valence-electron chi connectivity index (χ1n) is 5.68. The van der Waals surface area contributed by atoms with Crippen molar-refractivity contribution in [2.75, 3.05) is 6.61 Å². The molecule has 0 N–H and O–H groups in total. The summed E-state index contributed by atoms with van der Waals surface area (Å²) in [6.45, 7) is 2.12. The number of benzene rings is 2. The molecule has 2 aromatic carbocycles. The van der Waals surface area contributed by atoms with Crippen molar-refractivity contribution in [2.45, 2.75) is 6.92 Å². The largest absolute Gasteiger partial charge is 0.481 e. The highest BCUT2D eigenvalue weighted by molar-refractivity contribution is 5.35. The van der Waals surface area contributed by atoms with Gasteiger partial charge in [-0.15, -0.1) is 0 Å². The van der Waals surface area contributed by atoms with Crippen LogP contribution in [0.1, 0.15) is 11.1 Å². The second kappa shape index (κ2) is 5.88. The fourth-order valence-corrected chi connectivity index (χ4v) is 1.50. The minimum atomic E-state index is -0.299. The van der Waals surface area contributed by atoms with Gasteiger partial charge in [-0.05, 0) is 30.7 Å². The third-order valence-corrected chi connectivity index (χ3v) is 2.46. The minimum Gasteiger partial charge on any atom is -0.481 e. The summed E-state index contributed by atoms with van der Waals surface area (Å²) < 4.78 is 18.4. The lowest BCUT2D eigenvalue weighted by Crippen LogP contribution is -1.96. The molecule has 0 unspecified atom stereocenters. The van der Waals surface area contributed by atoms with Crippen molar-refractivity contribution in [3.63, 3.8) is 0 Å². The van der Waals surface area contributed by atoms with Gasteiger partial charge in [0.15, 0.2) is 0 Å². The van der Waals surface area contributed by atoms with Gasteiger partial charge in [0.25, 0.3) is 0 Å². The van der Waals surface area contributed by atoms with E-state index in [2.05, 4.69) is 11.8 Å². The van der Waals surface area contributed by atoms with Gasteiger partial charge in [0.1, 0.15) is 18.2 Å². The average Bonchev–Trinajstić information content (AvgIpc) is 2.40. The van der Waals surface area contributed by atoms with Crippen molar-refractivity contribution in [3.8, 4) is 17.6 Å². The fourth-order valence-electron chi connectivity index (χ4n) is 1.50. The van der Waals surface area contributed by atoms with E-state index >= 15 is 0 Å². The maximum Gasteiger partial charge on any atom is 0.149 e. The van der Waals surface area contributed by atoms with Crippen molar-refractivity contribution in [2.24, 2.45) is 0 Å². The summed E-state index contributed by atoms with van der Waals surface area (Å²) in [7, 11) is 0. The van der Waals surface area contributed by atoms with E-state index in [-0.39, 0.29) is 12.4 Å². The van der Waals surface area contributed by atoms with Crippen LogP contribution in [0.3, 0.4) is 0 Å². The van der Waals surface area contributed by atoms with Gasteiger partial charge in [0.05, 0.1) is 0 Å². The van der Waals surface area contributed by atoms with Crippen molar-refractivity contribution < 1.29 is 9.13 Å². The zero-order valence-corrected chi connectivity index (χ0v) is 10.1. The molecule has 2 heteroatoms. The number of hydrogen-bond acceptors (Lipinski definition) is 1. The van der Waals surface area contributed by atoms with E-state index in [0.717, 1.165) is 11.1 Å². The van der Waals surface area contributed by atoms with Crippen LogP contribution in [-0.4, -0.2) is 6.61 Å². The Morgan fingerprint density at radius 2 is 1.89 bits per heavy atom. The summed E-state index contributed by atoms with van der Waals surface area (Å²) in [6, 6.07) is 14.1. The molecule has 0 saturated carbocycles. The Morgan fingerprint density at radius 3 is 2.67 bits per heavy atom. The monoisotopic (exact) mass is 240 g/mol. The van der Waals surface area contributed by atoms with E-state index in [4.69, 9.17) is 4.74 Å². The highest BCUT2D eigenvalue weighted by atomic mass is 19.1. The third kappa shape index (κ3) is 3.36.